The van der Waals surface area contributed by atoms with E-state index in [4.69, 9.17) is 4.74 Å². The highest BCUT2D eigenvalue weighted by Crippen LogP contribution is 2.23. The van der Waals surface area contributed by atoms with Gasteiger partial charge < -0.3 is 19.5 Å². The summed E-state index contributed by atoms with van der Waals surface area (Å²) in [5.41, 5.74) is 2.42. The molecule has 0 unspecified atom stereocenters. The Morgan fingerprint density at radius 1 is 1.07 bits per heavy atom. The number of ketones is 1. The van der Waals surface area contributed by atoms with Crippen molar-refractivity contribution in [2.75, 3.05) is 6.61 Å². The maximum Gasteiger partial charge on any atom is 0.261 e. The zero-order chi connectivity index (χ0) is 19.4. The Bertz CT molecular complexity index is 859. The van der Waals surface area contributed by atoms with E-state index in [1.54, 1.807) is 31.2 Å². The van der Waals surface area contributed by atoms with Crippen LogP contribution in [0.5, 0.6) is 5.75 Å². The van der Waals surface area contributed by atoms with Gasteiger partial charge in [-0.05, 0) is 41.8 Å². The van der Waals surface area contributed by atoms with Gasteiger partial charge in [-0.2, -0.15) is 0 Å². The first-order valence-corrected chi connectivity index (χ1v) is 8.82. The Labute approximate surface area is 157 Å². The normalized spacial score (nSPS) is 15.7. The van der Waals surface area contributed by atoms with E-state index in [2.05, 4.69) is 0 Å². The summed E-state index contributed by atoms with van der Waals surface area (Å²) in [6.07, 6.45) is 0.637. The van der Waals surface area contributed by atoms with Gasteiger partial charge in [-0.15, -0.1) is 0 Å². The van der Waals surface area contributed by atoms with Gasteiger partial charge in [0.25, 0.3) is 5.91 Å². The second kappa shape index (κ2) is 8.03. The van der Waals surface area contributed by atoms with E-state index < -0.39 is 17.9 Å². The standard InChI is InChI=1S/C21H21NO5/c1-2-19(23)14-7-9-17(10-8-14)27-13-20(24)22-12-16-6-4-3-5-15(16)11-18(22)21(25)26/h3-10,18H,2,11-13H2,1H3,(H,25,26)/p-1/t18-/m1/s1. The van der Waals surface area contributed by atoms with Crippen molar-refractivity contribution in [2.24, 2.45) is 0 Å². The molecule has 2 aromatic carbocycles. The lowest BCUT2D eigenvalue weighted by molar-refractivity contribution is -0.311. The Morgan fingerprint density at radius 2 is 1.74 bits per heavy atom. The average molecular weight is 366 g/mol. The molecular weight excluding hydrogens is 346 g/mol. The van der Waals surface area contributed by atoms with Crippen LogP contribution < -0.4 is 9.84 Å². The molecule has 1 atom stereocenters. The predicted molar refractivity (Wildman–Crippen MR) is 96.0 cm³/mol. The van der Waals surface area contributed by atoms with Gasteiger partial charge in [0.05, 0.1) is 12.0 Å². The monoisotopic (exact) mass is 366 g/mol. The van der Waals surface area contributed by atoms with E-state index in [-0.39, 0.29) is 25.4 Å². The number of hydrogen-bond donors (Lipinski definition) is 0. The second-order valence-electron chi connectivity index (χ2n) is 6.42. The molecular formula is C21H20NO5-. The fraction of sp³-hybridized carbons (Fsp3) is 0.286. The summed E-state index contributed by atoms with van der Waals surface area (Å²) in [6.45, 7) is 1.71. The van der Waals surface area contributed by atoms with Crippen LogP contribution in [0.4, 0.5) is 0 Å². The number of carboxylic acid groups (broad SMARTS) is 1. The van der Waals surface area contributed by atoms with Gasteiger partial charge >= 0.3 is 0 Å². The lowest BCUT2D eigenvalue weighted by atomic mass is 9.94. The molecule has 2 aromatic rings. The molecule has 6 heteroatoms. The topological polar surface area (TPSA) is 86.7 Å². The molecule has 0 N–H and O–H groups in total. The average Bonchev–Trinajstić information content (AvgIpc) is 2.70. The van der Waals surface area contributed by atoms with Gasteiger partial charge in [0.1, 0.15) is 5.75 Å². The number of ether oxygens (including phenoxy) is 1. The zero-order valence-electron chi connectivity index (χ0n) is 15.0. The Morgan fingerprint density at radius 3 is 2.37 bits per heavy atom. The lowest BCUT2D eigenvalue weighted by Crippen LogP contribution is -2.54. The van der Waals surface area contributed by atoms with Crippen LogP contribution in [-0.2, 0) is 22.6 Å². The molecule has 1 amide bonds. The summed E-state index contributed by atoms with van der Waals surface area (Å²) in [5, 5.41) is 11.5. The summed E-state index contributed by atoms with van der Waals surface area (Å²) < 4.78 is 5.49. The van der Waals surface area contributed by atoms with Gasteiger partial charge in [-0.25, -0.2) is 0 Å². The van der Waals surface area contributed by atoms with Crippen LogP contribution in [0.25, 0.3) is 0 Å². The third-order valence-electron chi connectivity index (χ3n) is 4.70. The second-order valence-corrected chi connectivity index (χ2v) is 6.42. The van der Waals surface area contributed by atoms with Crippen molar-refractivity contribution in [1.29, 1.82) is 0 Å². The van der Waals surface area contributed by atoms with Crippen molar-refractivity contribution in [3.8, 4) is 5.75 Å². The van der Waals surface area contributed by atoms with Crippen LogP contribution in [0.2, 0.25) is 0 Å². The molecule has 140 valence electrons. The summed E-state index contributed by atoms with van der Waals surface area (Å²) in [5.74, 6) is -1.23. The highest BCUT2D eigenvalue weighted by Gasteiger charge is 2.30. The van der Waals surface area contributed by atoms with Gasteiger partial charge in [-0.3, -0.25) is 9.59 Å². The summed E-state index contributed by atoms with van der Waals surface area (Å²) >= 11 is 0. The van der Waals surface area contributed by atoms with Crippen LogP contribution in [0.15, 0.2) is 48.5 Å². The third-order valence-corrected chi connectivity index (χ3v) is 4.70. The molecule has 0 aliphatic carbocycles. The Balaban J connectivity index is 1.67. The SMILES string of the molecule is CCC(=O)c1ccc(OCC(=O)N2Cc3ccccc3C[C@@H]2C(=O)[O-])cc1. The molecule has 0 fully saturated rings. The van der Waals surface area contributed by atoms with Gasteiger partial charge in [0, 0.05) is 18.5 Å². The van der Waals surface area contributed by atoms with Crippen LogP contribution in [-0.4, -0.2) is 35.2 Å². The minimum Gasteiger partial charge on any atom is -0.548 e. The number of hydrogen-bond acceptors (Lipinski definition) is 5. The number of aliphatic carboxylic acids is 1. The molecule has 0 saturated carbocycles. The van der Waals surface area contributed by atoms with Crippen molar-refractivity contribution < 1.29 is 24.2 Å². The van der Waals surface area contributed by atoms with Crippen molar-refractivity contribution in [1.82, 2.24) is 4.90 Å². The highest BCUT2D eigenvalue weighted by atomic mass is 16.5. The lowest BCUT2D eigenvalue weighted by Gasteiger charge is -2.37. The number of rotatable bonds is 6. The maximum absolute atomic E-state index is 12.6. The molecule has 0 spiro atoms. The van der Waals surface area contributed by atoms with E-state index in [0.29, 0.717) is 17.7 Å². The molecule has 0 aromatic heterocycles. The van der Waals surface area contributed by atoms with E-state index in [0.717, 1.165) is 11.1 Å². The van der Waals surface area contributed by atoms with E-state index in [1.807, 2.05) is 24.3 Å². The molecule has 3 rings (SSSR count). The summed E-state index contributed by atoms with van der Waals surface area (Å²) in [6, 6.07) is 13.0. The van der Waals surface area contributed by atoms with Crippen molar-refractivity contribution in [2.45, 2.75) is 32.4 Å². The van der Waals surface area contributed by atoms with Crippen LogP contribution in [0.1, 0.15) is 34.8 Å². The first-order valence-electron chi connectivity index (χ1n) is 8.82. The smallest absolute Gasteiger partial charge is 0.261 e. The van der Waals surface area contributed by atoms with Crippen LogP contribution in [0.3, 0.4) is 0 Å². The number of fused-ring (bicyclic) bond motifs is 1. The van der Waals surface area contributed by atoms with Crippen LogP contribution >= 0.6 is 0 Å². The number of Topliss-reactive ketones (excluding diaryl/α,β-unsaturated/α-hetero) is 1. The summed E-state index contributed by atoms with van der Waals surface area (Å²) in [4.78, 5) is 37.0. The molecule has 0 bridgehead atoms. The van der Waals surface area contributed by atoms with E-state index in [1.165, 1.54) is 4.90 Å². The predicted octanol–water partition coefficient (Wildman–Crippen LogP) is 1.36. The number of benzene rings is 2. The quantitative estimate of drug-likeness (QED) is 0.721. The largest absolute Gasteiger partial charge is 0.548 e. The first-order chi connectivity index (χ1) is 13.0. The number of carbonyl (C=O) groups is 3. The van der Waals surface area contributed by atoms with Gasteiger partial charge in [-0.1, -0.05) is 31.2 Å². The van der Waals surface area contributed by atoms with E-state index >= 15 is 0 Å². The minimum atomic E-state index is -1.28. The van der Waals surface area contributed by atoms with Crippen molar-refractivity contribution >= 4 is 17.7 Å². The minimum absolute atomic E-state index is 0.0291. The van der Waals surface area contributed by atoms with Crippen molar-refractivity contribution in [3.05, 3.63) is 65.2 Å². The Hall–Kier alpha value is -3.15. The van der Waals surface area contributed by atoms with Gasteiger partial charge in [0.15, 0.2) is 12.4 Å². The third kappa shape index (κ3) is 4.16. The molecule has 1 heterocycles. The van der Waals surface area contributed by atoms with Gasteiger partial charge in [0.2, 0.25) is 0 Å². The van der Waals surface area contributed by atoms with E-state index in [9.17, 15) is 19.5 Å². The molecule has 6 nitrogen and oxygen atoms in total. The van der Waals surface area contributed by atoms with Crippen LogP contribution in [0, 0.1) is 0 Å². The molecule has 1 aliphatic rings. The highest BCUT2D eigenvalue weighted by molar-refractivity contribution is 5.95. The number of carboxylic acids is 1. The molecule has 0 saturated heterocycles. The maximum atomic E-state index is 12.6. The summed E-state index contributed by atoms with van der Waals surface area (Å²) in [7, 11) is 0. The number of amides is 1. The molecule has 0 radical (unpaired) electrons. The zero-order valence-corrected chi connectivity index (χ0v) is 15.0. The fourth-order valence-electron chi connectivity index (χ4n) is 3.16. The molecule has 1 aliphatic heterocycles. The molecule has 27 heavy (non-hydrogen) atoms. The fourth-order valence-corrected chi connectivity index (χ4v) is 3.16. The number of nitrogens with zero attached hydrogens (tertiary/aromatic N) is 1. The first kappa shape index (κ1) is 18.6. The number of carbonyl (C=O) groups excluding carboxylic acids is 3. The van der Waals surface area contributed by atoms with Crippen molar-refractivity contribution in [3.63, 3.8) is 0 Å². The Kier molecular flexibility index (Phi) is 5.54.